The first-order valence-electron chi connectivity index (χ1n) is 9.91. The van der Waals surface area contributed by atoms with Crippen LogP contribution in [-0.2, 0) is 25.7 Å². The first-order valence-corrected chi connectivity index (χ1v) is 10.3. The van der Waals surface area contributed by atoms with Crippen LogP contribution in [0.1, 0.15) is 32.8 Å². The molecule has 8 nitrogen and oxygen atoms in total. The molecule has 30 heavy (non-hydrogen) atoms. The van der Waals surface area contributed by atoms with Crippen LogP contribution in [0.5, 0.6) is 0 Å². The first-order chi connectivity index (χ1) is 14.1. The van der Waals surface area contributed by atoms with Gasteiger partial charge >= 0.3 is 0 Å². The second-order valence-electron chi connectivity index (χ2n) is 7.53. The number of halogens is 1. The van der Waals surface area contributed by atoms with Gasteiger partial charge in [0.05, 0.1) is 24.7 Å². The number of nitrogens with two attached hydrogens (primary N) is 2. The van der Waals surface area contributed by atoms with E-state index in [4.69, 9.17) is 27.8 Å². The highest BCUT2D eigenvalue weighted by Crippen LogP contribution is 2.15. The summed E-state index contributed by atoms with van der Waals surface area (Å²) in [5.74, 6) is -2.61. The number of carbonyl (C=O) groups is 3. The van der Waals surface area contributed by atoms with Crippen molar-refractivity contribution in [3.8, 4) is 0 Å². The van der Waals surface area contributed by atoms with E-state index in [1.165, 1.54) is 6.92 Å². The molecule has 0 aliphatic rings. The molecule has 0 fully saturated rings. The number of benzene rings is 1. The fourth-order valence-corrected chi connectivity index (χ4v) is 2.95. The minimum atomic E-state index is -1.11. The molecule has 9 heteroatoms. The number of ether oxygens (including phenoxy) is 1. The van der Waals surface area contributed by atoms with Crippen LogP contribution in [0.3, 0.4) is 0 Å². The molecular weight excluding hydrogens is 410 g/mol. The van der Waals surface area contributed by atoms with E-state index in [0.29, 0.717) is 5.02 Å². The molecular formula is C21H32ClN3O5. The average Bonchev–Trinajstić information content (AvgIpc) is 2.70. The fraction of sp³-hybridized carbons (Fsp3) is 0.571. The Hall–Kier alpha value is -1.84. The van der Waals surface area contributed by atoms with Gasteiger partial charge in [-0.3, -0.25) is 14.4 Å². The minimum absolute atomic E-state index is 0.0706. The van der Waals surface area contributed by atoms with Gasteiger partial charge in [-0.05, 0) is 24.6 Å². The Morgan fingerprint density at radius 2 is 1.70 bits per heavy atom. The monoisotopic (exact) mass is 441 g/mol. The summed E-state index contributed by atoms with van der Waals surface area (Å²) in [5.41, 5.74) is 12.1. The molecule has 168 valence electrons. The lowest BCUT2D eigenvalue weighted by Crippen LogP contribution is -2.51. The molecule has 0 heterocycles. The third-order valence-corrected chi connectivity index (χ3v) is 4.99. The van der Waals surface area contributed by atoms with Crippen molar-refractivity contribution in [2.45, 2.75) is 52.0 Å². The second-order valence-corrected chi connectivity index (χ2v) is 7.97. The predicted molar refractivity (Wildman–Crippen MR) is 115 cm³/mol. The molecule has 0 bridgehead atoms. The highest BCUT2D eigenvalue weighted by atomic mass is 35.5. The second kappa shape index (κ2) is 12.8. The number of amides is 1. The molecule has 0 spiro atoms. The molecule has 0 aliphatic carbocycles. The van der Waals surface area contributed by atoms with Crippen molar-refractivity contribution < 1.29 is 24.2 Å². The number of aliphatic hydroxyl groups excluding tert-OH is 1. The third-order valence-electron chi connectivity index (χ3n) is 4.74. The van der Waals surface area contributed by atoms with Crippen molar-refractivity contribution >= 4 is 29.1 Å². The van der Waals surface area contributed by atoms with Crippen LogP contribution in [0.15, 0.2) is 24.3 Å². The minimum Gasteiger partial charge on any atom is -0.393 e. The van der Waals surface area contributed by atoms with Crippen molar-refractivity contribution in [1.29, 1.82) is 0 Å². The first kappa shape index (κ1) is 26.2. The van der Waals surface area contributed by atoms with Crippen LogP contribution in [0.4, 0.5) is 0 Å². The van der Waals surface area contributed by atoms with Gasteiger partial charge in [0.15, 0.2) is 11.6 Å². The summed E-state index contributed by atoms with van der Waals surface area (Å²) in [5, 5.41) is 13.2. The number of carbonyl (C=O) groups excluding carboxylic acids is 3. The normalized spacial score (nSPS) is 15.3. The SMILES string of the molecule is CC(C)C(=O)[C@H](CN)NC(=O)[C@@H](CC(=O)[C@H](CN)OCc1ccc(Cl)cc1)C(C)O. The average molecular weight is 442 g/mol. The van der Waals surface area contributed by atoms with Crippen molar-refractivity contribution in [3.63, 3.8) is 0 Å². The number of ketones is 2. The molecule has 0 saturated carbocycles. The van der Waals surface area contributed by atoms with Gasteiger partial charge in [0.1, 0.15) is 6.10 Å². The standard InChI is InChI=1S/C21H32ClN3O5/c1-12(2)20(28)17(9-23)25-21(29)16(13(3)26)8-18(27)19(10-24)30-11-14-4-6-15(22)7-5-14/h4-7,12-13,16-17,19,26H,8-11,23-24H2,1-3H3,(H,25,29)/t13?,16-,17-,19-/m0/s1. The van der Waals surface area contributed by atoms with E-state index < -0.39 is 35.9 Å². The van der Waals surface area contributed by atoms with Gasteiger partial charge in [-0.15, -0.1) is 0 Å². The number of hydrogen-bond donors (Lipinski definition) is 4. The molecule has 1 rings (SSSR count). The Kier molecular flexibility index (Phi) is 11.1. The molecule has 1 amide bonds. The van der Waals surface area contributed by atoms with E-state index in [1.807, 2.05) is 0 Å². The van der Waals surface area contributed by atoms with Crippen LogP contribution in [-0.4, -0.2) is 53.9 Å². The summed E-state index contributed by atoms with van der Waals surface area (Å²) < 4.78 is 5.61. The van der Waals surface area contributed by atoms with Gasteiger partial charge in [-0.1, -0.05) is 37.6 Å². The fourth-order valence-electron chi connectivity index (χ4n) is 2.83. The number of aliphatic hydroxyl groups is 1. The van der Waals surface area contributed by atoms with Crippen LogP contribution in [0.25, 0.3) is 0 Å². The Bertz CT molecular complexity index is 709. The highest BCUT2D eigenvalue weighted by Gasteiger charge is 2.32. The molecule has 1 aromatic rings. The third kappa shape index (κ3) is 8.12. The summed E-state index contributed by atoms with van der Waals surface area (Å²) in [6, 6.07) is 6.08. The zero-order valence-corrected chi connectivity index (χ0v) is 18.4. The van der Waals surface area contributed by atoms with Gasteiger partial charge in [-0.25, -0.2) is 0 Å². The van der Waals surface area contributed by atoms with E-state index in [-0.39, 0.29) is 37.8 Å². The maximum atomic E-state index is 12.7. The summed E-state index contributed by atoms with van der Waals surface area (Å²) >= 11 is 5.85. The summed E-state index contributed by atoms with van der Waals surface area (Å²) in [6.45, 7) is 4.82. The van der Waals surface area contributed by atoms with Crippen molar-refractivity contribution in [2.75, 3.05) is 13.1 Å². The smallest absolute Gasteiger partial charge is 0.226 e. The Balaban J connectivity index is 2.76. The van der Waals surface area contributed by atoms with E-state index in [0.717, 1.165) is 5.56 Å². The molecule has 6 N–H and O–H groups in total. The lowest BCUT2D eigenvalue weighted by Gasteiger charge is -2.24. The predicted octanol–water partition coefficient (Wildman–Crippen LogP) is 0.809. The van der Waals surface area contributed by atoms with Crippen molar-refractivity contribution in [3.05, 3.63) is 34.9 Å². The lowest BCUT2D eigenvalue weighted by atomic mass is 9.93. The number of Topliss-reactive ketones (excluding diaryl/α,β-unsaturated/α-hetero) is 2. The molecule has 1 aromatic carbocycles. The zero-order valence-electron chi connectivity index (χ0n) is 17.6. The van der Waals surface area contributed by atoms with Crippen LogP contribution in [0, 0.1) is 11.8 Å². The van der Waals surface area contributed by atoms with Gasteiger partial charge in [-0.2, -0.15) is 0 Å². The summed E-state index contributed by atoms with van der Waals surface area (Å²) in [6.07, 6.45) is -2.33. The lowest BCUT2D eigenvalue weighted by molar-refractivity contribution is -0.139. The van der Waals surface area contributed by atoms with Gasteiger partial charge in [0, 0.05) is 30.5 Å². The summed E-state index contributed by atoms with van der Waals surface area (Å²) in [4.78, 5) is 37.4. The summed E-state index contributed by atoms with van der Waals surface area (Å²) in [7, 11) is 0. The largest absolute Gasteiger partial charge is 0.393 e. The van der Waals surface area contributed by atoms with Gasteiger partial charge < -0.3 is 26.6 Å². The van der Waals surface area contributed by atoms with Crippen molar-refractivity contribution in [1.82, 2.24) is 5.32 Å². The van der Waals surface area contributed by atoms with E-state index in [1.54, 1.807) is 38.1 Å². The number of rotatable bonds is 13. The molecule has 0 radical (unpaired) electrons. The van der Waals surface area contributed by atoms with Crippen molar-refractivity contribution in [2.24, 2.45) is 23.3 Å². The number of hydrogen-bond acceptors (Lipinski definition) is 7. The maximum absolute atomic E-state index is 12.7. The molecule has 0 aliphatic heterocycles. The quantitative estimate of drug-likeness (QED) is 0.354. The van der Waals surface area contributed by atoms with E-state index in [9.17, 15) is 19.5 Å². The Morgan fingerprint density at radius 3 is 2.17 bits per heavy atom. The Labute approximate surface area is 182 Å². The van der Waals surface area contributed by atoms with Crippen LogP contribution < -0.4 is 16.8 Å². The highest BCUT2D eigenvalue weighted by molar-refractivity contribution is 6.30. The number of nitrogens with one attached hydrogen (secondary N) is 1. The Morgan fingerprint density at radius 1 is 1.10 bits per heavy atom. The van der Waals surface area contributed by atoms with E-state index >= 15 is 0 Å². The zero-order chi connectivity index (χ0) is 22.8. The van der Waals surface area contributed by atoms with Gasteiger partial charge in [0.25, 0.3) is 0 Å². The van der Waals surface area contributed by atoms with Gasteiger partial charge in [0.2, 0.25) is 5.91 Å². The van der Waals surface area contributed by atoms with Crippen LogP contribution >= 0.6 is 11.6 Å². The maximum Gasteiger partial charge on any atom is 0.226 e. The topological polar surface area (TPSA) is 145 Å². The molecule has 0 aromatic heterocycles. The van der Waals surface area contributed by atoms with Crippen LogP contribution in [0.2, 0.25) is 5.02 Å². The molecule has 4 atom stereocenters. The molecule has 0 saturated heterocycles. The van der Waals surface area contributed by atoms with E-state index in [2.05, 4.69) is 5.32 Å². The molecule has 1 unspecified atom stereocenters.